The van der Waals surface area contributed by atoms with Crippen LogP contribution in [-0.2, 0) is 16.2 Å². The van der Waals surface area contributed by atoms with E-state index in [0.29, 0.717) is 28.2 Å². The number of furan rings is 1. The predicted molar refractivity (Wildman–Crippen MR) is 134 cm³/mol. The molecule has 0 aliphatic carbocycles. The normalized spacial score (nSPS) is 15.1. The average molecular weight is 511 g/mol. The van der Waals surface area contributed by atoms with Crippen LogP contribution in [0.4, 0.5) is 5.69 Å². The van der Waals surface area contributed by atoms with Crippen LogP contribution in [0, 0.1) is 18.3 Å². The van der Waals surface area contributed by atoms with Crippen LogP contribution in [0.2, 0.25) is 0 Å². The van der Waals surface area contributed by atoms with Crippen LogP contribution < -0.4 is 20.9 Å². The maximum atomic E-state index is 13.6. The summed E-state index contributed by atoms with van der Waals surface area (Å²) in [6.07, 6.45) is 1.62. The van der Waals surface area contributed by atoms with Gasteiger partial charge < -0.3 is 14.5 Å². The quantitative estimate of drug-likeness (QED) is 0.374. The van der Waals surface area contributed by atoms with E-state index in [0.717, 1.165) is 0 Å². The molecule has 11 nitrogen and oxygen atoms in total. The minimum atomic E-state index is -0.894. The van der Waals surface area contributed by atoms with Gasteiger partial charge in [0.1, 0.15) is 24.2 Å². The van der Waals surface area contributed by atoms with Gasteiger partial charge in [-0.1, -0.05) is 12.1 Å². The number of aromatic nitrogens is 2. The second-order valence-corrected chi connectivity index (χ2v) is 8.66. The third kappa shape index (κ3) is 4.62. The van der Waals surface area contributed by atoms with E-state index >= 15 is 0 Å². The number of aryl methyl sites for hydroxylation is 1. The number of carbonyl (C=O) groups excluding carboxylic acids is 3. The molecule has 1 atom stereocenters. The zero-order valence-corrected chi connectivity index (χ0v) is 20.2. The Kier molecular flexibility index (Phi) is 6.45. The molecule has 4 aromatic rings. The van der Waals surface area contributed by atoms with Crippen molar-refractivity contribution in [1.82, 2.24) is 14.9 Å². The molecule has 1 fully saturated rings. The van der Waals surface area contributed by atoms with Crippen molar-refractivity contribution < 1.29 is 23.5 Å². The van der Waals surface area contributed by atoms with Gasteiger partial charge in [-0.25, -0.2) is 4.98 Å². The Morgan fingerprint density at radius 1 is 1.24 bits per heavy atom. The largest absolute Gasteiger partial charge is 0.489 e. The smallest absolute Gasteiger partial charge is 0.291 e. The van der Waals surface area contributed by atoms with Crippen LogP contribution in [0.5, 0.6) is 5.75 Å². The minimum Gasteiger partial charge on any atom is -0.489 e. The standard InChI is InChI=1S/C27H21N5O6/c1-15-29-19-6-3-7-20(23(19)27(36)32(15)21-8-9-22(33)31-25(21)34)30-26(35)24-17(10-11-37-24)14-38-18-5-2-4-16(12-18)13-28/h2-7,10-12,21H,8-9,14H2,1H3,(H,30,35)(H,31,33,34). The number of nitrogens with zero attached hydrogens (tertiary/aromatic N) is 3. The number of imide groups is 1. The van der Waals surface area contributed by atoms with Gasteiger partial charge in [-0.05, 0) is 49.7 Å². The molecule has 1 aliphatic rings. The Hall–Kier alpha value is -5.24. The summed E-state index contributed by atoms with van der Waals surface area (Å²) in [6, 6.07) is 14.2. The molecule has 2 aromatic heterocycles. The van der Waals surface area contributed by atoms with Gasteiger partial charge in [0, 0.05) is 12.0 Å². The van der Waals surface area contributed by atoms with Crippen LogP contribution >= 0.6 is 0 Å². The number of nitriles is 1. The Labute approximate surface area is 215 Å². The second kappa shape index (κ2) is 10.0. The fraction of sp³-hybridized carbons (Fsp3) is 0.185. The Bertz CT molecular complexity index is 1700. The number of nitrogens with one attached hydrogen (secondary N) is 2. The van der Waals surface area contributed by atoms with Crippen molar-refractivity contribution in [2.45, 2.75) is 32.4 Å². The zero-order valence-electron chi connectivity index (χ0n) is 20.2. The van der Waals surface area contributed by atoms with Crippen LogP contribution in [0.25, 0.3) is 10.9 Å². The molecule has 5 rings (SSSR count). The average Bonchev–Trinajstić information content (AvgIpc) is 3.37. The highest BCUT2D eigenvalue weighted by Crippen LogP contribution is 2.25. The summed E-state index contributed by atoms with van der Waals surface area (Å²) in [5.41, 5.74) is 0.916. The van der Waals surface area contributed by atoms with Gasteiger partial charge in [-0.2, -0.15) is 5.26 Å². The molecule has 3 amide bonds. The molecule has 1 saturated heterocycles. The fourth-order valence-electron chi connectivity index (χ4n) is 4.40. The summed E-state index contributed by atoms with van der Waals surface area (Å²) >= 11 is 0. The first-order valence-electron chi connectivity index (χ1n) is 11.7. The monoisotopic (exact) mass is 511 g/mol. The van der Waals surface area contributed by atoms with Crippen molar-refractivity contribution in [2.75, 3.05) is 5.32 Å². The van der Waals surface area contributed by atoms with Gasteiger partial charge in [-0.3, -0.25) is 29.1 Å². The van der Waals surface area contributed by atoms with Gasteiger partial charge >= 0.3 is 0 Å². The number of rotatable bonds is 6. The number of carbonyl (C=O) groups is 3. The van der Waals surface area contributed by atoms with E-state index in [9.17, 15) is 19.2 Å². The molecule has 38 heavy (non-hydrogen) atoms. The molecule has 1 unspecified atom stereocenters. The minimum absolute atomic E-state index is 0.00669. The Morgan fingerprint density at radius 2 is 2.05 bits per heavy atom. The van der Waals surface area contributed by atoms with E-state index in [-0.39, 0.29) is 36.3 Å². The van der Waals surface area contributed by atoms with Crippen molar-refractivity contribution in [3.8, 4) is 11.8 Å². The molecular weight excluding hydrogens is 490 g/mol. The van der Waals surface area contributed by atoms with E-state index in [1.165, 1.54) is 10.8 Å². The molecule has 11 heteroatoms. The lowest BCUT2D eigenvalue weighted by molar-refractivity contribution is -0.135. The maximum absolute atomic E-state index is 13.6. The summed E-state index contributed by atoms with van der Waals surface area (Å²) in [6.45, 7) is 1.62. The molecular formula is C27H21N5O6. The molecule has 2 aromatic carbocycles. The number of amides is 3. The second-order valence-electron chi connectivity index (χ2n) is 8.66. The summed E-state index contributed by atoms with van der Waals surface area (Å²) < 4.78 is 12.4. The predicted octanol–water partition coefficient (Wildman–Crippen LogP) is 2.98. The number of ether oxygens (including phenoxy) is 1. The fourth-order valence-corrected chi connectivity index (χ4v) is 4.40. The Balaban J connectivity index is 1.43. The third-order valence-corrected chi connectivity index (χ3v) is 6.19. The van der Waals surface area contributed by atoms with Gasteiger partial charge in [0.25, 0.3) is 11.5 Å². The number of hydrogen-bond donors (Lipinski definition) is 2. The van der Waals surface area contributed by atoms with E-state index < -0.39 is 29.3 Å². The number of anilines is 1. The van der Waals surface area contributed by atoms with Crippen LogP contribution in [-0.4, -0.2) is 27.3 Å². The zero-order chi connectivity index (χ0) is 26.8. The first-order chi connectivity index (χ1) is 18.4. The topological polar surface area (TPSA) is 156 Å². The lowest BCUT2D eigenvalue weighted by Crippen LogP contribution is -2.45. The van der Waals surface area contributed by atoms with Crippen LogP contribution in [0.1, 0.15) is 46.4 Å². The summed E-state index contributed by atoms with van der Waals surface area (Å²) in [7, 11) is 0. The van der Waals surface area contributed by atoms with Gasteiger partial charge in [0.2, 0.25) is 11.8 Å². The van der Waals surface area contributed by atoms with E-state index in [1.807, 2.05) is 6.07 Å². The lowest BCUT2D eigenvalue weighted by Gasteiger charge is -2.24. The lowest BCUT2D eigenvalue weighted by atomic mass is 10.1. The number of benzene rings is 2. The van der Waals surface area contributed by atoms with Crippen molar-refractivity contribution in [1.29, 1.82) is 5.26 Å². The molecule has 0 bridgehead atoms. The van der Waals surface area contributed by atoms with Gasteiger partial charge in [0.05, 0.1) is 34.5 Å². The maximum Gasteiger partial charge on any atom is 0.291 e. The van der Waals surface area contributed by atoms with Gasteiger partial charge in [0.15, 0.2) is 5.76 Å². The molecule has 2 N–H and O–H groups in total. The van der Waals surface area contributed by atoms with Crippen molar-refractivity contribution in [2.24, 2.45) is 0 Å². The van der Waals surface area contributed by atoms with E-state index in [1.54, 1.807) is 55.5 Å². The number of hydrogen-bond acceptors (Lipinski definition) is 8. The van der Waals surface area contributed by atoms with E-state index in [2.05, 4.69) is 15.6 Å². The number of fused-ring (bicyclic) bond motifs is 1. The molecule has 1 aliphatic heterocycles. The van der Waals surface area contributed by atoms with E-state index in [4.69, 9.17) is 14.4 Å². The SMILES string of the molecule is Cc1nc2cccc(NC(=O)c3occc3COc3cccc(C#N)c3)c2c(=O)n1C1CCC(=O)NC1=O. The highest BCUT2D eigenvalue weighted by Gasteiger charge is 2.31. The van der Waals surface area contributed by atoms with Crippen LogP contribution in [0.15, 0.2) is 64.0 Å². The summed E-state index contributed by atoms with van der Waals surface area (Å²) in [5, 5.41) is 14.2. The first kappa shape index (κ1) is 24.5. The van der Waals surface area contributed by atoms with Gasteiger partial charge in [-0.15, -0.1) is 0 Å². The molecule has 0 saturated carbocycles. The summed E-state index contributed by atoms with van der Waals surface area (Å²) in [4.78, 5) is 55.3. The molecule has 3 heterocycles. The van der Waals surface area contributed by atoms with Crippen molar-refractivity contribution in [3.63, 3.8) is 0 Å². The molecule has 0 spiro atoms. The molecule has 190 valence electrons. The highest BCUT2D eigenvalue weighted by molar-refractivity contribution is 6.08. The van der Waals surface area contributed by atoms with Crippen LogP contribution in [0.3, 0.4) is 0 Å². The Morgan fingerprint density at radius 3 is 2.84 bits per heavy atom. The van der Waals surface area contributed by atoms with Crippen molar-refractivity contribution >= 4 is 34.3 Å². The first-order valence-corrected chi connectivity index (χ1v) is 11.7. The highest BCUT2D eigenvalue weighted by atomic mass is 16.5. The van der Waals surface area contributed by atoms with Crippen molar-refractivity contribution in [3.05, 3.63) is 87.9 Å². The number of piperidine rings is 1. The third-order valence-electron chi connectivity index (χ3n) is 6.19. The molecule has 0 radical (unpaired) electrons. The summed E-state index contributed by atoms with van der Waals surface area (Å²) in [5.74, 6) is -0.819.